The molecule has 0 aromatic heterocycles. The molecule has 0 aliphatic carbocycles. The van der Waals surface area contributed by atoms with Crippen molar-refractivity contribution < 1.29 is 318 Å². The van der Waals surface area contributed by atoms with Gasteiger partial charge in [-0.1, -0.05) is 0 Å². The van der Waals surface area contributed by atoms with Crippen LogP contribution in [-0.4, -0.2) is 8.32 Å². The van der Waals surface area contributed by atoms with Gasteiger partial charge in [0.05, 0.1) is 0 Å². The quantitative estimate of drug-likeness (QED) is 0.428. The molecule has 0 atom stereocenters. The van der Waals surface area contributed by atoms with Gasteiger partial charge in [-0.15, -0.1) is 0 Å². The molecule has 0 bridgehead atoms. The van der Waals surface area contributed by atoms with Gasteiger partial charge in [-0.2, -0.15) is 0 Å². The third-order valence-electron chi connectivity index (χ3n) is 0.172. The number of hydrogen-bond donors (Lipinski definition) is 2. The van der Waals surface area contributed by atoms with E-state index in [1.165, 1.54) is 0 Å². The second-order valence-corrected chi connectivity index (χ2v) is 4.68. The van der Waals surface area contributed by atoms with Gasteiger partial charge in [-0.3, -0.25) is 0 Å². The average molecular weight is 419 g/mol. The van der Waals surface area contributed by atoms with Gasteiger partial charge >= 0.3 is 311 Å². The van der Waals surface area contributed by atoms with Crippen LogP contribution in [0.1, 0.15) is 7.13 Å². The molecular formula is H7Cr2K5O7. The zero-order chi connectivity index (χ0) is 7.71. The number of rotatable bonds is 2. The van der Waals surface area contributed by atoms with Crippen molar-refractivity contribution >= 4 is 0 Å². The van der Waals surface area contributed by atoms with E-state index >= 15 is 0 Å². The van der Waals surface area contributed by atoms with E-state index in [1.807, 2.05) is 0 Å². The summed E-state index contributed by atoms with van der Waals surface area (Å²) in [5.41, 5.74) is 0. The first kappa shape index (κ1) is 38.1. The van der Waals surface area contributed by atoms with Crippen LogP contribution in [0.2, 0.25) is 0 Å². The van der Waals surface area contributed by atoms with Gasteiger partial charge in [-0.25, -0.2) is 0 Å². The maximum atomic E-state index is 9.53. The van der Waals surface area contributed by atoms with E-state index in [-0.39, 0.29) is 264 Å². The molecule has 2 N–H and O–H groups in total. The molecule has 0 spiro atoms. The van der Waals surface area contributed by atoms with Gasteiger partial charge in [0.1, 0.15) is 0 Å². The Balaban J connectivity index is -0.00000000711. The van der Waals surface area contributed by atoms with E-state index in [4.69, 9.17) is 8.32 Å². The summed E-state index contributed by atoms with van der Waals surface area (Å²) < 4.78 is 56.3. The predicted molar refractivity (Wildman–Crippen MR) is 13.8 cm³/mol. The molecule has 0 rings (SSSR count). The summed E-state index contributed by atoms with van der Waals surface area (Å²) in [5.74, 6) is 0. The van der Waals surface area contributed by atoms with Crippen molar-refractivity contribution in [3.8, 4) is 0 Å². The zero-order valence-electron chi connectivity index (χ0n) is 13.8. The SMILES string of the molecule is [H-].[H-].[H-].[H-].[H-].[K+].[K+].[K+].[K+].[K+].[O]=[Cr](=[O])([OH])[O][Cr](=[O])(=[O])[OH]. The topological polar surface area (TPSA) is 118 Å². The van der Waals surface area contributed by atoms with Crippen LogP contribution in [0.4, 0.5) is 0 Å². The molecule has 14 heteroatoms. The molecule has 0 aromatic carbocycles. The fourth-order valence-electron chi connectivity index (χ4n) is 0.109. The van der Waals surface area contributed by atoms with E-state index < -0.39 is 27.2 Å². The molecule has 0 saturated carbocycles. The van der Waals surface area contributed by atoms with Crippen molar-refractivity contribution in [3.05, 3.63) is 0 Å². The Morgan fingerprint density at radius 1 is 0.714 bits per heavy atom. The summed E-state index contributed by atoms with van der Waals surface area (Å²) in [6.45, 7) is 0. The monoisotopic (exact) mass is 418 g/mol. The third-order valence-corrected chi connectivity index (χ3v) is 2.92. The summed E-state index contributed by atoms with van der Waals surface area (Å²) in [6.07, 6.45) is 0. The van der Waals surface area contributed by atoms with Crippen molar-refractivity contribution in [1.29, 1.82) is 0 Å². The molecule has 0 aliphatic rings. The standard InChI is InChI=1S/2Cr.5K.2H2O.5O.5H/h;;;;;;;2*1H2;;;;;;;;;;/q7*+1;;;;;;;;5*-1/p-2. The second-order valence-electron chi connectivity index (χ2n) is 0.924. The summed E-state index contributed by atoms with van der Waals surface area (Å²) in [5, 5.41) is 0. The molecule has 66 valence electrons. The first-order valence-corrected chi connectivity index (χ1v) is 5.63. The van der Waals surface area contributed by atoms with Crippen LogP contribution in [0.3, 0.4) is 0 Å². The van der Waals surface area contributed by atoms with Crippen LogP contribution < -0.4 is 257 Å². The minimum atomic E-state index is -5.76. The van der Waals surface area contributed by atoms with Gasteiger partial charge in [0.15, 0.2) is 0 Å². The Hall–Kier alpha value is 8.33. The summed E-state index contributed by atoms with van der Waals surface area (Å²) in [7, 11) is 0. The van der Waals surface area contributed by atoms with E-state index in [9.17, 15) is 15.2 Å². The molecular weight excluding hydrogens is 411 g/mol. The van der Waals surface area contributed by atoms with Crippen LogP contribution >= 0.6 is 0 Å². The van der Waals surface area contributed by atoms with Crippen LogP contribution in [0.25, 0.3) is 0 Å². The fraction of sp³-hybridized carbons (Fsp3) is 0. The molecule has 0 aliphatic heterocycles. The van der Waals surface area contributed by atoms with Gasteiger partial charge in [0.2, 0.25) is 0 Å². The van der Waals surface area contributed by atoms with Crippen molar-refractivity contribution in [1.82, 2.24) is 0 Å². The number of hydrogen-bond acceptors (Lipinski definition) is 5. The van der Waals surface area contributed by atoms with Crippen molar-refractivity contribution in [2.24, 2.45) is 0 Å². The Labute approximate surface area is 306 Å². The molecule has 7 nitrogen and oxygen atoms in total. The fourth-order valence-corrected chi connectivity index (χ4v) is 1.85. The first-order valence-electron chi connectivity index (χ1n) is 1.37. The molecule has 0 amide bonds. The Bertz CT molecular complexity index is 261. The van der Waals surface area contributed by atoms with Crippen LogP contribution in [0, 0.1) is 0 Å². The van der Waals surface area contributed by atoms with Crippen LogP contribution in [0.5, 0.6) is 0 Å². The van der Waals surface area contributed by atoms with E-state index in [0.29, 0.717) is 0 Å². The molecule has 14 heavy (non-hydrogen) atoms. The van der Waals surface area contributed by atoms with Gasteiger partial charge < -0.3 is 7.13 Å². The van der Waals surface area contributed by atoms with E-state index in [2.05, 4.69) is 2.84 Å². The van der Waals surface area contributed by atoms with Crippen molar-refractivity contribution in [3.63, 3.8) is 0 Å². The van der Waals surface area contributed by atoms with Gasteiger partial charge in [-0.05, 0) is 0 Å². The molecule has 0 saturated heterocycles. The van der Waals surface area contributed by atoms with Gasteiger partial charge in [0.25, 0.3) is 0 Å². The van der Waals surface area contributed by atoms with Gasteiger partial charge in [0, 0.05) is 0 Å². The molecule has 0 heterocycles. The zero-order valence-corrected chi connectivity index (χ0v) is 26.9. The summed E-state index contributed by atoms with van der Waals surface area (Å²) >= 11 is -11.5. The first-order chi connectivity index (χ1) is 3.71. The minimum absolute atomic E-state index is 0. The van der Waals surface area contributed by atoms with Crippen molar-refractivity contribution in [2.45, 2.75) is 0 Å². The third kappa shape index (κ3) is 37.0. The molecule has 0 fully saturated rings. The average Bonchev–Trinajstić information content (AvgIpc) is 1.14. The Morgan fingerprint density at radius 3 is 0.857 bits per heavy atom. The normalized spacial score (nSPS) is 8.71. The Morgan fingerprint density at radius 2 is 0.857 bits per heavy atom. The molecule has 0 radical (unpaired) electrons. The molecule has 0 unspecified atom stereocenters. The molecule has 0 aromatic rings. The Kier molecular flexibility index (Phi) is 52.7. The predicted octanol–water partition coefficient (Wildman–Crippen LogP) is -16.1. The summed E-state index contributed by atoms with van der Waals surface area (Å²) in [6, 6.07) is 0. The van der Waals surface area contributed by atoms with Crippen LogP contribution in [-0.2, 0) is 45.3 Å². The second kappa shape index (κ2) is 19.4. The van der Waals surface area contributed by atoms with Crippen LogP contribution in [0.15, 0.2) is 0 Å². The van der Waals surface area contributed by atoms with Crippen molar-refractivity contribution in [2.75, 3.05) is 0 Å². The van der Waals surface area contributed by atoms with E-state index in [1.54, 1.807) is 0 Å². The van der Waals surface area contributed by atoms with E-state index in [0.717, 1.165) is 0 Å². The maximum absolute atomic E-state index is 9.53. The summed E-state index contributed by atoms with van der Waals surface area (Å²) in [4.78, 5) is 0.